The Morgan fingerprint density at radius 3 is 2.55 bits per heavy atom. The number of rotatable bonds is 4. The zero-order chi connectivity index (χ0) is 14.8. The molecular formula is C13H17FN2O2S2. The van der Waals surface area contributed by atoms with E-state index in [9.17, 15) is 12.8 Å². The molecule has 20 heavy (non-hydrogen) atoms. The van der Waals surface area contributed by atoms with Crippen LogP contribution in [0.1, 0.15) is 37.7 Å². The lowest BCUT2D eigenvalue weighted by atomic mass is 10.0. The molecule has 0 amide bonds. The quantitative estimate of drug-likeness (QED) is 0.837. The second-order valence-corrected chi connectivity index (χ2v) is 7.36. The van der Waals surface area contributed by atoms with Gasteiger partial charge in [0, 0.05) is 5.56 Å². The first-order chi connectivity index (χ1) is 9.40. The second kappa shape index (κ2) is 6.05. The third-order valence-corrected chi connectivity index (χ3v) is 5.56. The van der Waals surface area contributed by atoms with Crippen molar-refractivity contribution in [3.05, 3.63) is 29.6 Å². The maximum absolute atomic E-state index is 13.2. The molecule has 2 rings (SSSR count). The molecule has 0 atom stereocenters. The highest BCUT2D eigenvalue weighted by atomic mass is 32.2. The van der Waals surface area contributed by atoms with Crippen LogP contribution in [-0.4, -0.2) is 18.7 Å². The minimum Gasteiger partial charge on any atom is -0.389 e. The summed E-state index contributed by atoms with van der Waals surface area (Å²) >= 11 is 4.83. The van der Waals surface area contributed by atoms with Crippen LogP contribution in [0, 0.1) is 5.82 Å². The second-order valence-electron chi connectivity index (χ2n) is 4.96. The molecule has 3 N–H and O–H groups in total. The van der Waals surface area contributed by atoms with Gasteiger partial charge < -0.3 is 5.73 Å². The Morgan fingerprint density at radius 2 is 1.95 bits per heavy atom. The van der Waals surface area contributed by atoms with E-state index in [0.717, 1.165) is 25.3 Å². The summed E-state index contributed by atoms with van der Waals surface area (Å²) in [6.45, 7) is 0. The molecule has 110 valence electrons. The molecule has 1 aromatic rings. The van der Waals surface area contributed by atoms with Crippen molar-refractivity contribution in [2.24, 2.45) is 5.73 Å². The summed E-state index contributed by atoms with van der Waals surface area (Å²) in [6, 6.07) is 3.67. The number of hydrogen-bond acceptors (Lipinski definition) is 3. The molecule has 4 nitrogen and oxygen atoms in total. The van der Waals surface area contributed by atoms with Crippen molar-refractivity contribution >= 4 is 32.9 Å². The minimum atomic E-state index is -3.49. The van der Waals surface area contributed by atoms with E-state index in [-0.39, 0.29) is 16.2 Å². The van der Waals surface area contributed by atoms with E-state index in [4.69, 9.17) is 18.0 Å². The normalized spacial score (nSPS) is 16.9. The number of hydrogen-bond donors (Lipinski definition) is 2. The van der Waals surface area contributed by atoms with Crippen molar-refractivity contribution in [3.8, 4) is 0 Å². The standard InChI is InChI=1S/C13H17FN2O2S2/c14-9-6-7-12(11(8-9)13(15)19)16-20(17,18)10-4-2-1-3-5-10/h6-8,10,16H,1-5H2,(H2,15,19). The fourth-order valence-electron chi connectivity index (χ4n) is 2.42. The first-order valence-electron chi connectivity index (χ1n) is 6.51. The average Bonchev–Trinajstić information content (AvgIpc) is 2.41. The molecule has 1 aliphatic carbocycles. The van der Waals surface area contributed by atoms with Gasteiger partial charge >= 0.3 is 0 Å². The molecule has 0 aromatic heterocycles. The van der Waals surface area contributed by atoms with Crippen LogP contribution in [0.25, 0.3) is 0 Å². The van der Waals surface area contributed by atoms with Gasteiger partial charge in [-0.15, -0.1) is 0 Å². The zero-order valence-corrected chi connectivity index (χ0v) is 12.6. The molecule has 1 saturated carbocycles. The van der Waals surface area contributed by atoms with E-state index in [0.29, 0.717) is 12.8 Å². The number of nitrogens with one attached hydrogen (secondary N) is 1. The van der Waals surface area contributed by atoms with Crippen LogP contribution in [0.15, 0.2) is 18.2 Å². The SMILES string of the molecule is NC(=S)c1cc(F)ccc1NS(=O)(=O)C1CCCCC1. The number of halogens is 1. The molecule has 0 spiro atoms. The van der Waals surface area contributed by atoms with E-state index >= 15 is 0 Å². The van der Waals surface area contributed by atoms with Gasteiger partial charge in [-0.05, 0) is 31.0 Å². The maximum Gasteiger partial charge on any atom is 0.235 e. The Hall–Kier alpha value is -1.21. The highest BCUT2D eigenvalue weighted by Crippen LogP contribution is 2.26. The predicted molar refractivity (Wildman–Crippen MR) is 81.7 cm³/mol. The average molecular weight is 316 g/mol. The van der Waals surface area contributed by atoms with E-state index in [1.165, 1.54) is 12.1 Å². The molecular weight excluding hydrogens is 299 g/mol. The summed E-state index contributed by atoms with van der Waals surface area (Å²) in [5.74, 6) is -0.506. The van der Waals surface area contributed by atoms with Crippen molar-refractivity contribution in [3.63, 3.8) is 0 Å². The molecule has 0 bridgehead atoms. The van der Waals surface area contributed by atoms with Crippen molar-refractivity contribution in [2.75, 3.05) is 4.72 Å². The number of anilines is 1. The van der Waals surface area contributed by atoms with Crippen LogP contribution in [0.4, 0.5) is 10.1 Å². The Kier molecular flexibility index (Phi) is 4.59. The molecule has 0 unspecified atom stereocenters. The van der Waals surface area contributed by atoms with Crippen LogP contribution in [0.5, 0.6) is 0 Å². The molecule has 0 heterocycles. The topological polar surface area (TPSA) is 72.2 Å². The zero-order valence-electron chi connectivity index (χ0n) is 10.9. The van der Waals surface area contributed by atoms with Gasteiger partial charge in [0.2, 0.25) is 10.0 Å². The van der Waals surface area contributed by atoms with Gasteiger partial charge in [-0.2, -0.15) is 0 Å². The maximum atomic E-state index is 13.2. The van der Waals surface area contributed by atoms with E-state index in [2.05, 4.69) is 4.72 Å². The molecule has 0 saturated heterocycles. The Bertz CT molecular complexity index is 611. The van der Waals surface area contributed by atoms with Crippen LogP contribution in [0.2, 0.25) is 0 Å². The van der Waals surface area contributed by atoms with Crippen LogP contribution < -0.4 is 10.5 Å². The number of nitrogens with two attached hydrogens (primary N) is 1. The van der Waals surface area contributed by atoms with Gasteiger partial charge in [0.25, 0.3) is 0 Å². The van der Waals surface area contributed by atoms with Crippen molar-refractivity contribution in [1.29, 1.82) is 0 Å². The first-order valence-corrected chi connectivity index (χ1v) is 8.46. The first kappa shape index (κ1) is 15.2. The Balaban J connectivity index is 2.27. The van der Waals surface area contributed by atoms with Gasteiger partial charge in [0.1, 0.15) is 10.8 Å². The summed E-state index contributed by atoms with van der Waals surface area (Å²) in [5, 5.41) is -0.402. The third kappa shape index (κ3) is 3.46. The number of benzene rings is 1. The fourth-order valence-corrected chi connectivity index (χ4v) is 4.20. The molecule has 0 radical (unpaired) electrons. The summed E-state index contributed by atoms with van der Waals surface area (Å²) < 4.78 is 40.4. The fraction of sp³-hybridized carbons (Fsp3) is 0.462. The summed E-state index contributed by atoms with van der Waals surface area (Å²) in [4.78, 5) is -0.0363. The Labute approximate surface area is 123 Å². The van der Waals surface area contributed by atoms with Gasteiger partial charge in [-0.3, -0.25) is 4.72 Å². The number of sulfonamides is 1. The summed E-state index contributed by atoms with van der Waals surface area (Å²) in [7, 11) is -3.49. The van der Waals surface area contributed by atoms with Gasteiger partial charge in [-0.1, -0.05) is 31.5 Å². The van der Waals surface area contributed by atoms with Gasteiger partial charge in [0.05, 0.1) is 10.9 Å². The van der Waals surface area contributed by atoms with Crippen LogP contribution in [-0.2, 0) is 10.0 Å². The van der Waals surface area contributed by atoms with E-state index in [1.54, 1.807) is 0 Å². The largest absolute Gasteiger partial charge is 0.389 e. The van der Waals surface area contributed by atoms with Gasteiger partial charge in [-0.25, -0.2) is 12.8 Å². The summed E-state index contributed by atoms with van der Waals surface area (Å²) in [5.41, 5.74) is 5.96. The Morgan fingerprint density at radius 1 is 1.30 bits per heavy atom. The lowest BCUT2D eigenvalue weighted by Gasteiger charge is -2.23. The highest BCUT2D eigenvalue weighted by Gasteiger charge is 2.27. The molecule has 1 aliphatic rings. The van der Waals surface area contributed by atoms with E-state index < -0.39 is 21.1 Å². The lowest BCUT2D eigenvalue weighted by molar-refractivity contribution is 0.486. The van der Waals surface area contributed by atoms with E-state index in [1.807, 2.05) is 0 Å². The van der Waals surface area contributed by atoms with Crippen LogP contribution >= 0.6 is 12.2 Å². The number of thiocarbonyl (C=S) groups is 1. The predicted octanol–water partition coefficient (Wildman–Crippen LogP) is 2.53. The molecule has 1 aromatic carbocycles. The van der Waals surface area contributed by atoms with Crippen LogP contribution in [0.3, 0.4) is 0 Å². The molecule has 0 aliphatic heterocycles. The highest BCUT2D eigenvalue weighted by molar-refractivity contribution is 7.93. The monoisotopic (exact) mass is 316 g/mol. The minimum absolute atomic E-state index is 0.0363. The van der Waals surface area contributed by atoms with Gasteiger partial charge in [0.15, 0.2) is 0 Å². The molecule has 1 fully saturated rings. The lowest BCUT2D eigenvalue weighted by Crippen LogP contribution is -2.30. The smallest absolute Gasteiger partial charge is 0.235 e. The van der Waals surface area contributed by atoms with Crippen molar-refractivity contribution in [1.82, 2.24) is 0 Å². The third-order valence-electron chi connectivity index (χ3n) is 3.49. The van der Waals surface area contributed by atoms with Crippen molar-refractivity contribution in [2.45, 2.75) is 37.4 Å². The summed E-state index contributed by atoms with van der Waals surface area (Å²) in [6.07, 6.45) is 4.20. The molecule has 7 heteroatoms. The van der Waals surface area contributed by atoms with Crippen molar-refractivity contribution < 1.29 is 12.8 Å².